The molecule has 6 nitrogen and oxygen atoms in total. The minimum absolute atomic E-state index is 0.539. The molecule has 0 saturated heterocycles. The highest BCUT2D eigenvalue weighted by molar-refractivity contribution is 7.92. The normalized spacial score (nSPS) is 11.3. The molecule has 0 radical (unpaired) electrons. The Bertz CT molecular complexity index is 664. The van der Waals surface area contributed by atoms with Gasteiger partial charge >= 0.3 is 0 Å². The highest BCUT2D eigenvalue weighted by Crippen LogP contribution is 2.16. The molecule has 0 aliphatic heterocycles. The van der Waals surface area contributed by atoms with Crippen LogP contribution in [0.4, 0.5) is 11.4 Å². The summed E-state index contributed by atoms with van der Waals surface area (Å²) < 4.78 is 26.7. The summed E-state index contributed by atoms with van der Waals surface area (Å²) in [5.74, 6) is 0. The van der Waals surface area contributed by atoms with Crippen molar-refractivity contribution >= 4 is 21.4 Å². The second-order valence-electron chi connectivity index (χ2n) is 4.30. The molecular formula is C12H16N4O2S. The first-order chi connectivity index (χ1) is 8.94. The van der Waals surface area contributed by atoms with Crippen molar-refractivity contribution in [3.05, 3.63) is 42.5 Å². The summed E-state index contributed by atoms with van der Waals surface area (Å²) in [5, 5.41) is 3.22. The molecular weight excluding hydrogens is 264 g/mol. The number of aryl methyl sites for hydroxylation is 1. The van der Waals surface area contributed by atoms with E-state index in [0.717, 1.165) is 17.6 Å². The lowest BCUT2D eigenvalue weighted by Gasteiger charge is -2.09. The van der Waals surface area contributed by atoms with Crippen LogP contribution in [0.15, 0.2) is 36.8 Å². The predicted molar refractivity (Wildman–Crippen MR) is 75.4 cm³/mol. The highest BCUT2D eigenvalue weighted by atomic mass is 32.2. The summed E-state index contributed by atoms with van der Waals surface area (Å²) in [6.07, 6.45) is 4.65. The quantitative estimate of drug-likeness (QED) is 0.868. The summed E-state index contributed by atoms with van der Waals surface area (Å²) in [6.45, 7) is 0.624. The smallest absolute Gasteiger partial charge is 0.229 e. The number of hydrogen-bond acceptors (Lipinski definition) is 4. The molecule has 0 fully saturated rings. The Morgan fingerprint density at radius 1 is 1.32 bits per heavy atom. The van der Waals surface area contributed by atoms with Crippen molar-refractivity contribution in [3.8, 4) is 0 Å². The van der Waals surface area contributed by atoms with E-state index in [1.54, 1.807) is 30.7 Å². The second-order valence-corrected chi connectivity index (χ2v) is 6.05. The molecule has 0 aliphatic carbocycles. The molecule has 0 atom stereocenters. The molecule has 7 heteroatoms. The third-order valence-corrected chi connectivity index (χ3v) is 3.16. The molecule has 0 aliphatic rings. The summed E-state index contributed by atoms with van der Waals surface area (Å²) in [4.78, 5) is 4.03. The first-order valence-electron chi connectivity index (χ1n) is 5.71. The van der Waals surface area contributed by atoms with Crippen LogP contribution in [0.2, 0.25) is 0 Å². The number of sulfonamides is 1. The number of hydrogen-bond donors (Lipinski definition) is 2. The van der Waals surface area contributed by atoms with Gasteiger partial charge in [0.2, 0.25) is 10.0 Å². The third kappa shape index (κ3) is 3.99. The zero-order chi connectivity index (χ0) is 13.9. The Morgan fingerprint density at radius 2 is 2.05 bits per heavy atom. The third-order valence-electron chi connectivity index (χ3n) is 2.56. The lowest BCUT2D eigenvalue weighted by atomic mass is 10.3. The standard InChI is InChI=1S/C12H16N4O2S/c1-16-9-13-7-12(16)8-14-10-4-3-5-11(6-10)15-19(2,17)18/h3-7,9,14-15H,8H2,1-2H3. The van der Waals surface area contributed by atoms with Gasteiger partial charge in [-0.25, -0.2) is 13.4 Å². The molecule has 2 rings (SSSR count). The van der Waals surface area contributed by atoms with Crippen molar-refractivity contribution in [3.63, 3.8) is 0 Å². The zero-order valence-electron chi connectivity index (χ0n) is 10.8. The Hall–Kier alpha value is -2.02. The van der Waals surface area contributed by atoms with Crippen LogP contribution in [0.5, 0.6) is 0 Å². The molecule has 19 heavy (non-hydrogen) atoms. The van der Waals surface area contributed by atoms with Crippen LogP contribution in [0, 0.1) is 0 Å². The van der Waals surface area contributed by atoms with E-state index in [4.69, 9.17) is 0 Å². The number of nitrogens with zero attached hydrogens (tertiary/aromatic N) is 2. The maximum atomic E-state index is 11.2. The van der Waals surface area contributed by atoms with E-state index in [1.165, 1.54) is 0 Å². The fourth-order valence-corrected chi connectivity index (χ4v) is 2.21. The molecule has 0 saturated carbocycles. The summed E-state index contributed by atoms with van der Waals surface area (Å²) in [7, 11) is -1.33. The minimum Gasteiger partial charge on any atom is -0.379 e. The number of rotatable bonds is 5. The van der Waals surface area contributed by atoms with Gasteiger partial charge in [0.15, 0.2) is 0 Å². The molecule has 1 aromatic carbocycles. The predicted octanol–water partition coefficient (Wildman–Crippen LogP) is 1.40. The van der Waals surface area contributed by atoms with E-state index in [-0.39, 0.29) is 0 Å². The van der Waals surface area contributed by atoms with Crippen LogP contribution in [-0.2, 0) is 23.6 Å². The fraction of sp³-hybridized carbons (Fsp3) is 0.250. The molecule has 2 N–H and O–H groups in total. The molecule has 1 aromatic heterocycles. The SMILES string of the molecule is Cn1cncc1CNc1cccc(NS(C)(=O)=O)c1. The van der Waals surface area contributed by atoms with Gasteiger partial charge in [0.05, 0.1) is 30.5 Å². The van der Waals surface area contributed by atoms with E-state index < -0.39 is 10.0 Å². The largest absolute Gasteiger partial charge is 0.379 e. The van der Waals surface area contributed by atoms with Crippen molar-refractivity contribution in [1.82, 2.24) is 9.55 Å². The molecule has 0 unspecified atom stereocenters. The van der Waals surface area contributed by atoms with E-state index in [9.17, 15) is 8.42 Å². The molecule has 0 spiro atoms. The van der Waals surface area contributed by atoms with Gasteiger partial charge in [-0.05, 0) is 18.2 Å². The van der Waals surface area contributed by atoms with E-state index in [2.05, 4.69) is 15.0 Å². The molecule has 1 heterocycles. The van der Waals surface area contributed by atoms with Gasteiger partial charge in [0.1, 0.15) is 0 Å². The number of aromatic nitrogens is 2. The number of imidazole rings is 1. The van der Waals surface area contributed by atoms with Crippen LogP contribution < -0.4 is 10.0 Å². The lowest BCUT2D eigenvalue weighted by molar-refractivity contribution is 0.607. The average Bonchev–Trinajstić information content (AvgIpc) is 2.70. The van der Waals surface area contributed by atoms with Crippen molar-refractivity contribution in [2.45, 2.75) is 6.54 Å². The topological polar surface area (TPSA) is 76.0 Å². The van der Waals surface area contributed by atoms with Crippen molar-refractivity contribution < 1.29 is 8.42 Å². The number of nitrogens with one attached hydrogen (secondary N) is 2. The summed E-state index contributed by atoms with van der Waals surface area (Å²) in [6, 6.07) is 7.12. The average molecular weight is 280 g/mol. The summed E-state index contributed by atoms with van der Waals surface area (Å²) >= 11 is 0. The summed E-state index contributed by atoms with van der Waals surface area (Å²) in [5.41, 5.74) is 2.42. The first-order valence-corrected chi connectivity index (χ1v) is 7.60. The molecule has 0 bridgehead atoms. The van der Waals surface area contributed by atoms with Crippen LogP contribution in [0.25, 0.3) is 0 Å². The van der Waals surface area contributed by atoms with Crippen molar-refractivity contribution in [2.24, 2.45) is 7.05 Å². The van der Waals surface area contributed by atoms with Crippen LogP contribution in [-0.4, -0.2) is 24.2 Å². The van der Waals surface area contributed by atoms with Crippen LogP contribution in [0.1, 0.15) is 5.69 Å². The highest BCUT2D eigenvalue weighted by Gasteiger charge is 2.03. The Morgan fingerprint density at radius 3 is 2.68 bits per heavy atom. The van der Waals surface area contributed by atoms with E-state index in [0.29, 0.717) is 12.2 Å². The number of benzene rings is 1. The van der Waals surface area contributed by atoms with Gasteiger partial charge in [0, 0.05) is 18.9 Å². The zero-order valence-corrected chi connectivity index (χ0v) is 11.6. The van der Waals surface area contributed by atoms with Crippen molar-refractivity contribution in [1.29, 1.82) is 0 Å². The molecule has 102 valence electrons. The van der Waals surface area contributed by atoms with Gasteiger partial charge < -0.3 is 9.88 Å². The van der Waals surface area contributed by atoms with Crippen molar-refractivity contribution in [2.75, 3.05) is 16.3 Å². The first kappa shape index (κ1) is 13.4. The lowest BCUT2D eigenvalue weighted by Crippen LogP contribution is -2.10. The Labute approximate surface area is 112 Å². The van der Waals surface area contributed by atoms with Gasteiger partial charge in [-0.15, -0.1) is 0 Å². The Kier molecular flexibility index (Phi) is 3.75. The maximum Gasteiger partial charge on any atom is 0.229 e. The molecule has 0 amide bonds. The second kappa shape index (κ2) is 5.31. The van der Waals surface area contributed by atoms with Crippen LogP contribution >= 0.6 is 0 Å². The van der Waals surface area contributed by atoms with E-state index in [1.807, 2.05) is 17.7 Å². The molecule has 2 aromatic rings. The fourth-order valence-electron chi connectivity index (χ4n) is 1.65. The Balaban J connectivity index is 2.05. The van der Waals surface area contributed by atoms with E-state index >= 15 is 0 Å². The van der Waals surface area contributed by atoms with Gasteiger partial charge in [0.25, 0.3) is 0 Å². The monoisotopic (exact) mass is 280 g/mol. The van der Waals surface area contributed by atoms with Gasteiger partial charge in [-0.1, -0.05) is 6.07 Å². The number of anilines is 2. The maximum absolute atomic E-state index is 11.2. The van der Waals surface area contributed by atoms with Gasteiger partial charge in [-0.3, -0.25) is 4.72 Å². The van der Waals surface area contributed by atoms with Crippen LogP contribution in [0.3, 0.4) is 0 Å². The minimum atomic E-state index is -3.25. The van der Waals surface area contributed by atoms with Gasteiger partial charge in [-0.2, -0.15) is 0 Å².